The Morgan fingerprint density at radius 2 is 2.04 bits per heavy atom. The average molecular weight is 405 g/mol. The summed E-state index contributed by atoms with van der Waals surface area (Å²) >= 11 is 3.38. The van der Waals surface area contributed by atoms with Gasteiger partial charge in [-0.15, -0.1) is 0 Å². The van der Waals surface area contributed by atoms with E-state index in [2.05, 4.69) is 36.1 Å². The Morgan fingerprint density at radius 3 is 2.80 bits per heavy atom. The van der Waals surface area contributed by atoms with Gasteiger partial charge in [-0.05, 0) is 47.8 Å². The maximum atomic E-state index is 12.1. The van der Waals surface area contributed by atoms with Crippen LogP contribution in [-0.2, 0) is 0 Å². The van der Waals surface area contributed by atoms with Gasteiger partial charge >= 0.3 is 0 Å². The molecule has 0 saturated carbocycles. The van der Waals surface area contributed by atoms with Crippen LogP contribution in [0, 0.1) is 6.92 Å². The zero-order chi connectivity index (χ0) is 17.6. The molecular formula is C18H21BrN4O2. The van der Waals surface area contributed by atoms with Gasteiger partial charge in [0.15, 0.2) is 0 Å². The Bertz CT molecular complexity index is 748. The van der Waals surface area contributed by atoms with Gasteiger partial charge in [0.1, 0.15) is 18.2 Å². The molecule has 1 N–H and O–H groups in total. The molecule has 1 aliphatic rings. The lowest BCUT2D eigenvalue weighted by molar-refractivity contribution is 0.0945. The van der Waals surface area contributed by atoms with E-state index in [1.54, 1.807) is 6.07 Å². The molecule has 0 aliphatic carbocycles. The molecule has 2 aromatic rings. The summed E-state index contributed by atoms with van der Waals surface area (Å²) in [4.78, 5) is 23.2. The average Bonchev–Trinajstić information content (AvgIpc) is 3.13. The summed E-state index contributed by atoms with van der Waals surface area (Å²) in [5.74, 6) is 2.02. The van der Waals surface area contributed by atoms with Gasteiger partial charge in [-0.3, -0.25) is 4.79 Å². The topological polar surface area (TPSA) is 67.3 Å². The van der Waals surface area contributed by atoms with Crippen LogP contribution in [0.4, 0.5) is 5.82 Å². The monoisotopic (exact) mass is 404 g/mol. The lowest BCUT2D eigenvalue weighted by Gasteiger charge is -2.17. The maximum Gasteiger partial charge on any atom is 0.252 e. The number of halogens is 1. The van der Waals surface area contributed by atoms with Crippen molar-refractivity contribution in [1.82, 2.24) is 15.3 Å². The van der Waals surface area contributed by atoms with Crippen molar-refractivity contribution in [2.24, 2.45) is 0 Å². The van der Waals surface area contributed by atoms with Crippen LogP contribution < -0.4 is 15.0 Å². The van der Waals surface area contributed by atoms with E-state index in [0.717, 1.165) is 23.4 Å². The highest BCUT2D eigenvalue weighted by Gasteiger charge is 2.15. The third-order valence-electron chi connectivity index (χ3n) is 3.99. The molecule has 0 bridgehead atoms. The summed E-state index contributed by atoms with van der Waals surface area (Å²) in [6.07, 6.45) is 2.39. The molecule has 0 unspecified atom stereocenters. The number of anilines is 1. The van der Waals surface area contributed by atoms with E-state index >= 15 is 0 Å². The third-order valence-corrected chi connectivity index (χ3v) is 4.68. The van der Waals surface area contributed by atoms with Crippen LogP contribution in [0.3, 0.4) is 0 Å². The van der Waals surface area contributed by atoms with Gasteiger partial charge in [0.2, 0.25) is 5.88 Å². The minimum atomic E-state index is -0.132. The van der Waals surface area contributed by atoms with E-state index < -0.39 is 0 Å². The van der Waals surface area contributed by atoms with E-state index in [4.69, 9.17) is 4.74 Å². The van der Waals surface area contributed by atoms with E-state index in [-0.39, 0.29) is 5.91 Å². The van der Waals surface area contributed by atoms with Gasteiger partial charge in [0.25, 0.3) is 5.91 Å². The molecule has 0 spiro atoms. The minimum absolute atomic E-state index is 0.132. The Labute approximate surface area is 155 Å². The maximum absolute atomic E-state index is 12.1. The van der Waals surface area contributed by atoms with Crippen molar-refractivity contribution in [2.45, 2.75) is 19.8 Å². The SMILES string of the molecule is Cc1nc(OCCNC(=O)c2ccccc2Br)cc(N2CCCC2)n1. The molecule has 25 heavy (non-hydrogen) atoms. The van der Waals surface area contributed by atoms with Crippen molar-refractivity contribution in [3.8, 4) is 5.88 Å². The lowest BCUT2D eigenvalue weighted by Crippen LogP contribution is -2.28. The van der Waals surface area contributed by atoms with Gasteiger partial charge in [0.05, 0.1) is 12.1 Å². The number of rotatable bonds is 6. The lowest BCUT2D eigenvalue weighted by atomic mass is 10.2. The van der Waals surface area contributed by atoms with Gasteiger partial charge in [-0.1, -0.05) is 12.1 Å². The molecule has 1 amide bonds. The Hall–Kier alpha value is -2.15. The molecule has 1 saturated heterocycles. The Morgan fingerprint density at radius 1 is 1.28 bits per heavy atom. The number of hydrogen-bond acceptors (Lipinski definition) is 5. The van der Waals surface area contributed by atoms with Crippen molar-refractivity contribution >= 4 is 27.7 Å². The number of nitrogens with one attached hydrogen (secondary N) is 1. The second-order valence-electron chi connectivity index (χ2n) is 5.89. The normalized spacial score (nSPS) is 13.8. The number of benzene rings is 1. The number of aromatic nitrogens is 2. The smallest absolute Gasteiger partial charge is 0.252 e. The van der Waals surface area contributed by atoms with Crippen molar-refractivity contribution in [1.29, 1.82) is 0 Å². The second-order valence-corrected chi connectivity index (χ2v) is 6.74. The zero-order valence-electron chi connectivity index (χ0n) is 14.2. The first-order valence-corrected chi connectivity index (χ1v) is 9.19. The summed E-state index contributed by atoms with van der Waals surface area (Å²) < 4.78 is 6.47. The van der Waals surface area contributed by atoms with Crippen molar-refractivity contribution in [3.05, 3.63) is 46.2 Å². The summed E-state index contributed by atoms with van der Waals surface area (Å²) in [7, 11) is 0. The van der Waals surface area contributed by atoms with Gasteiger partial charge in [0, 0.05) is 23.6 Å². The molecule has 3 rings (SSSR count). The van der Waals surface area contributed by atoms with Crippen LogP contribution in [0.15, 0.2) is 34.8 Å². The minimum Gasteiger partial charge on any atom is -0.476 e. The molecule has 6 nitrogen and oxygen atoms in total. The Balaban J connectivity index is 1.52. The number of amides is 1. The number of ether oxygens (including phenoxy) is 1. The van der Waals surface area contributed by atoms with Crippen LogP contribution >= 0.6 is 15.9 Å². The van der Waals surface area contributed by atoms with E-state index in [1.807, 2.05) is 31.2 Å². The van der Waals surface area contributed by atoms with Crippen molar-refractivity contribution in [3.63, 3.8) is 0 Å². The van der Waals surface area contributed by atoms with Crippen LogP contribution in [0.1, 0.15) is 29.0 Å². The van der Waals surface area contributed by atoms with Gasteiger partial charge in [-0.25, -0.2) is 4.98 Å². The first-order valence-electron chi connectivity index (χ1n) is 8.39. The van der Waals surface area contributed by atoms with E-state index in [1.165, 1.54) is 12.8 Å². The van der Waals surface area contributed by atoms with Gasteiger partial charge < -0.3 is 15.0 Å². The molecule has 0 atom stereocenters. The molecule has 132 valence electrons. The fourth-order valence-corrected chi connectivity index (χ4v) is 3.23. The van der Waals surface area contributed by atoms with Crippen molar-refractivity contribution < 1.29 is 9.53 Å². The van der Waals surface area contributed by atoms with Crippen LogP contribution in [0.2, 0.25) is 0 Å². The largest absolute Gasteiger partial charge is 0.476 e. The third kappa shape index (κ3) is 4.69. The predicted molar refractivity (Wildman–Crippen MR) is 100 cm³/mol. The quantitative estimate of drug-likeness (QED) is 0.749. The molecule has 0 radical (unpaired) electrons. The number of aryl methyl sites for hydroxylation is 1. The molecule has 1 aromatic heterocycles. The van der Waals surface area contributed by atoms with E-state index in [0.29, 0.717) is 30.4 Å². The van der Waals surface area contributed by atoms with Crippen LogP contribution in [0.25, 0.3) is 0 Å². The molecule has 1 aromatic carbocycles. The Kier molecular flexibility index (Phi) is 5.86. The number of nitrogens with zero attached hydrogens (tertiary/aromatic N) is 3. The van der Waals surface area contributed by atoms with E-state index in [9.17, 15) is 4.79 Å². The fourth-order valence-electron chi connectivity index (χ4n) is 2.77. The first-order chi connectivity index (χ1) is 12.1. The zero-order valence-corrected chi connectivity index (χ0v) is 15.8. The van der Waals surface area contributed by atoms with Crippen LogP contribution in [-0.4, -0.2) is 42.1 Å². The summed E-state index contributed by atoms with van der Waals surface area (Å²) in [5, 5.41) is 2.85. The highest BCUT2D eigenvalue weighted by molar-refractivity contribution is 9.10. The fraction of sp³-hybridized carbons (Fsp3) is 0.389. The number of hydrogen-bond donors (Lipinski definition) is 1. The van der Waals surface area contributed by atoms with Crippen LogP contribution in [0.5, 0.6) is 5.88 Å². The molecule has 1 aliphatic heterocycles. The van der Waals surface area contributed by atoms with Gasteiger partial charge in [-0.2, -0.15) is 4.98 Å². The molecule has 2 heterocycles. The molecule has 7 heteroatoms. The molecule has 1 fully saturated rings. The number of carbonyl (C=O) groups excluding carboxylic acids is 1. The first kappa shape index (κ1) is 17.7. The predicted octanol–water partition coefficient (Wildman–Crippen LogP) is 2.96. The highest BCUT2D eigenvalue weighted by atomic mass is 79.9. The van der Waals surface area contributed by atoms with Crippen molar-refractivity contribution in [2.75, 3.05) is 31.1 Å². The second kappa shape index (κ2) is 8.29. The molecular weight excluding hydrogens is 384 g/mol. The summed E-state index contributed by atoms with van der Waals surface area (Å²) in [6.45, 7) is 4.67. The highest BCUT2D eigenvalue weighted by Crippen LogP contribution is 2.21. The summed E-state index contributed by atoms with van der Waals surface area (Å²) in [6, 6.07) is 9.19. The number of carbonyl (C=O) groups is 1. The summed E-state index contributed by atoms with van der Waals surface area (Å²) in [5.41, 5.74) is 0.608. The standard InChI is InChI=1S/C18H21BrN4O2/c1-13-21-16(23-9-4-5-10-23)12-17(22-13)25-11-8-20-18(24)14-6-2-3-7-15(14)19/h2-3,6-7,12H,4-5,8-11H2,1H3,(H,20,24).